The Balaban J connectivity index is 2.97. The fourth-order valence-corrected chi connectivity index (χ4v) is 1.67. The third-order valence-corrected chi connectivity index (χ3v) is 2.74. The summed E-state index contributed by atoms with van der Waals surface area (Å²) in [7, 11) is 0. The second kappa shape index (κ2) is 5.91. The van der Waals surface area contributed by atoms with Crippen molar-refractivity contribution in [1.82, 2.24) is 5.32 Å². The molecule has 1 N–H and O–H groups in total. The highest BCUT2D eigenvalue weighted by Crippen LogP contribution is 2.35. The van der Waals surface area contributed by atoms with Gasteiger partial charge >= 0.3 is 6.18 Å². The van der Waals surface area contributed by atoms with Crippen molar-refractivity contribution in [3.8, 4) is 11.8 Å². The van der Waals surface area contributed by atoms with Crippen LogP contribution in [0.25, 0.3) is 0 Å². The lowest BCUT2D eigenvalue weighted by Gasteiger charge is -2.10. The second-order valence-electron chi connectivity index (χ2n) is 3.30. The molecule has 0 unspecified atom stereocenters. The van der Waals surface area contributed by atoms with Crippen LogP contribution in [0.2, 0.25) is 0 Å². The van der Waals surface area contributed by atoms with Gasteiger partial charge in [-0.15, -0.1) is 5.92 Å². The normalized spacial score (nSPS) is 10.5. The number of alkyl halides is 3. The van der Waals surface area contributed by atoms with E-state index in [0.29, 0.717) is 0 Å². The average Bonchev–Trinajstić information content (AvgIpc) is 2.28. The maximum Gasteiger partial charge on any atom is 0.417 e. The van der Waals surface area contributed by atoms with Crippen LogP contribution in [0.5, 0.6) is 0 Å². The van der Waals surface area contributed by atoms with Gasteiger partial charge in [-0.2, -0.15) is 13.2 Å². The number of hydrogen-bond donors (Lipinski definition) is 1. The molecule has 0 aliphatic carbocycles. The third kappa shape index (κ3) is 3.77. The zero-order chi connectivity index (χ0) is 13.8. The fraction of sp³-hybridized carbons (Fsp3) is 0.250. The van der Waals surface area contributed by atoms with Gasteiger partial charge in [-0.25, -0.2) is 0 Å². The Morgan fingerprint density at radius 1 is 1.44 bits per heavy atom. The Hall–Kier alpha value is -1.48. The monoisotopic (exact) mass is 319 g/mol. The predicted molar refractivity (Wildman–Crippen MR) is 64.9 cm³/mol. The fourth-order valence-electron chi connectivity index (χ4n) is 1.20. The van der Waals surface area contributed by atoms with Gasteiger partial charge in [0, 0.05) is 10.0 Å². The van der Waals surface area contributed by atoms with Crippen LogP contribution in [0.4, 0.5) is 13.2 Å². The minimum Gasteiger partial charge on any atom is -0.341 e. The van der Waals surface area contributed by atoms with E-state index in [9.17, 15) is 18.0 Å². The van der Waals surface area contributed by atoms with E-state index in [-0.39, 0.29) is 16.6 Å². The van der Waals surface area contributed by atoms with Gasteiger partial charge in [-0.1, -0.05) is 21.9 Å². The van der Waals surface area contributed by atoms with Crippen LogP contribution in [0.1, 0.15) is 22.8 Å². The Morgan fingerprint density at radius 2 is 2.11 bits per heavy atom. The smallest absolute Gasteiger partial charge is 0.341 e. The minimum atomic E-state index is -4.50. The summed E-state index contributed by atoms with van der Waals surface area (Å²) in [5, 5.41) is 2.40. The van der Waals surface area contributed by atoms with E-state index in [4.69, 9.17) is 0 Å². The molecule has 0 fully saturated rings. The largest absolute Gasteiger partial charge is 0.417 e. The second-order valence-corrected chi connectivity index (χ2v) is 4.16. The molecule has 0 saturated carbocycles. The quantitative estimate of drug-likeness (QED) is 0.833. The van der Waals surface area contributed by atoms with Crippen LogP contribution in [0.15, 0.2) is 22.7 Å². The molecular formula is C12H9BrF3NO. The number of rotatable bonds is 2. The van der Waals surface area contributed by atoms with E-state index in [1.165, 1.54) is 12.1 Å². The van der Waals surface area contributed by atoms with Crippen LogP contribution in [0.3, 0.4) is 0 Å². The van der Waals surface area contributed by atoms with E-state index in [1.54, 1.807) is 6.92 Å². The van der Waals surface area contributed by atoms with E-state index >= 15 is 0 Å². The molecule has 96 valence electrons. The van der Waals surface area contributed by atoms with Crippen LogP contribution < -0.4 is 5.32 Å². The third-order valence-electron chi connectivity index (χ3n) is 2.05. The molecule has 2 nitrogen and oxygen atoms in total. The number of halogens is 4. The van der Waals surface area contributed by atoms with Crippen molar-refractivity contribution in [1.29, 1.82) is 0 Å². The summed E-state index contributed by atoms with van der Waals surface area (Å²) in [6, 6.07) is 3.32. The van der Waals surface area contributed by atoms with E-state index in [1.807, 2.05) is 0 Å². The lowest BCUT2D eigenvalue weighted by atomic mass is 10.1. The first kappa shape index (κ1) is 14.6. The minimum absolute atomic E-state index is 0.0524. The van der Waals surface area contributed by atoms with Crippen LogP contribution >= 0.6 is 15.9 Å². The average molecular weight is 320 g/mol. The molecule has 0 aliphatic heterocycles. The maximum absolute atomic E-state index is 12.6. The van der Waals surface area contributed by atoms with Gasteiger partial charge in [0.1, 0.15) is 0 Å². The summed E-state index contributed by atoms with van der Waals surface area (Å²) in [4.78, 5) is 11.5. The van der Waals surface area contributed by atoms with Crippen molar-refractivity contribution >= 4 is 21.8 Å². The Morgan fingerprint density at radius 3 is 2.67 bits per heavy atom. The Labute approximate surface area is 111 Å². The first-order valence-electron chi connectivity index (χ1n) is 4.91. The van der Waals surface area contributed by atoms with Crippen molar-refractivity contribution in [2.45, 2.75) is 13.1 Å². The predicted octanol–water partition coefficient (Wildman–Crippen LogP) is 3.22. The molecule has 18 heavy (non-hydrogen) atoms. The molecule has 0 radical (unpaired) electrons. The number of amides is 1. The zero-order valence-corrected chi connectivity index (χ0v) is 10.9. The van der Waals surface area contributed by atoms with Crippen molar-refractivity contribution in [3.05, 3.63) is 33.8 Å². The van der Waals surface area contributed by atoms with Gasteiger partial charge in [-0.05, 0) is 25.1 Å². The van der Waals surface area contributed by atoms with Crippen LogP contribution in [0, 0.1) is 11.8 Å². The summed E-state index contributed by atoms with van der Waals surface area (Å²) in [5.74, 6) is 4.57. The number of nitrogens with one attached hydrogen (secondary N) is 1. The van der Waals surface area contributed by atoms with Gasteiger partial charge in [0.05, 0.1) is 12.1 Å². The first-order chi connectivity index (χ1) is 8.36. The van der Waals surface area contributed by atoms with Crippen LogP contribution in [-0.4, -0.2) is 12.5 Å². The molecule has 1 aromatic rings. The molecule has 0 saturated heterocycles. The van der Waals surface area contributed by atoms with Gasteiger partial charge < -0.3 is 5.32 Å². The number of carbonyl (C=O) groups is 1. The van der Waals surface area contributed by atoms with Gasteiger partial charge in [0.15, 0.2) is 0 Å². The molecule has 1 aromatic carbocycles. The first-order valence-corrected chi connectivity index (χ1v) is 5.70. The number of benzene rings is 1. The number of carbonyl (C=O) groups excluding carboxylic acids is 1. The van der Waals surface area contributed by atoms with Gasteiger partial charge in [0.25, 0.3) is 5.91 Å². The summed E-state index contributed by atoms with van der Waals surface area (Å²) < 4.78 is 37.7. The lowest BCUT2D eigenvalue weighted by Crippen LogP contribution is -2.24. The SMILES string of the molecule is CC#CCNC(=O)c1ccc(Br)c(C(F)(F)F)c1. The lowest BCUT2D eigenvalue weighted by molar-refractivity contribution is -0.138. The van der Waals surface area contributed by atoms with Crippen molar-refractivity contribution in [2.24, 2.45) is 0 Å². The molecule has 1 rings (SSSR count). The molecule has 0 aromatic heterocycles. The van der Waals surface area contributed by atoms with E-state index in [0.717, 1.165) is 6.07 Å². The summed E-state index contributed by atoms with van der Waals surface area (Å²) in [6.07, 6.45) is -4.50. The van der Waals surface area contributed by atoms with Crippen molar-refractivity contribution in [2.75, 3.05) is 6.54 Å². The van der Waals surface area contributed by atoms with Gasteiger partial charge in [0.2, 0.25) is 0 Å². The molecular weight excluding hydrogens is 311 g/mol. The van der Waals surface area contributed by atoms with Crippen LogP contribution in [-0.2, 0) is 6.18 Å². The molecule has 6 heteroatoms. The molecule has 0 bridgehead atoms. The maximum atomic E-state index is 12.6. The molecule has 0 spiro atoms. The summed E-state index contributed by atoms with van der Waals surface area (Å²) >= 11 is 2.81. The Kier molecular flexibility index (Phi) is 4.79. The topological polar surface area (TPSA) is 29.1 Å². The number of hydrogen-bond acceptors (Lipinski definition) is 1. The standard InChI is InChI=1S/C12H9BrF3NO/c1-2-3-6-17-11(18)8-4-5-10(13)9(7-8)12(14,15)16/h4-5,7H,6H2,1H3,(H,17,18). The highest BCUT2D eigenvalue weighted by atomic mass is 79.9. The molecule has 0 atom stereocenters. The zero-order valence-electron chi connectivity index (χ0n) is 9.36. The Bertz CT molecular complexity index is 514. The highest BCUT2D eigenvalue weighted by molar-refractivity contribution is 9.10. The highest BCUT2D eigenvalue weighted by Gasteiger charge is 2.33. The van der Waals surface area contributed by atoms with E-state index < -0.39 is 17.6 Å². The summed E-state index contributed by atoms with van der Waals surface area (Å²) in [5.41, 5.74) is -0.930. The molecule has 1 amide bonds. The van der Waals surface area contributed by atoms with Gasteiger partial charge in [-0.3, -0.25) is 4.79 Å². The molecule has 0 heterocycles. The van der Waals surface area contributed by atoms with E-state index in [2.05, 4.69) is 33.1 Å². The van der Waals surface area contributed by atoms with Crippen molar-refractivity contribution in [3.63, 3.8) is 0 Å². The summed E-state index contributed by atoms with van der Waals surface area (Å²) in [6.45, 7) is 1.71. The van der Waals surface area contributed by atoms with Crippen molar-refractivity contribution < 1.29 is 18.0 Å². The molecule has 0 aliphatic rings.